The maximum absolute atomic E-state index is 13.7. The Balaban J connectivity index is 1.66. The van der Waals surface area contributed by atoms with Crippen molar-refractivity contribution in [3.8, 4) is 0 Å². The molecule has 0 radical (unpaired) electrons. The summed E-state index contributed by atoms with van der Waals surface area (Å²) in [5.74, 6) is -0.791. The lowest BCUT2D eigenvalue weighted by Crippen LogP contribution is -2.45. The molecule has 178 valence electrons. The molecule has 0 unspecified atom stereocenters. The Kier molecular flexibility index (Phi) is 7.37. The second-order valence-electron chi connectivity index (χ2n) is 7.99. The van der Waals surface area contributed by atoms with Gasteiger partial charge >= 0.3 is 0 Å². The van der Waals surface area contributed by atoms with Crippen molar-refractivity contribution in [1.82, 2.24) is 25.1 Å². The number of amides is 1. The van der Waals surface area contributed by atoms with Crippen molar-refractivity contribution in [3.05, 3.63) is 125 Å². The molecule has 0 aliphatic rings. The van der Waals surface area contributed by atoms with Crippen LogP contribution in [0, 0.1) is 5.82 Å². The molecule has 0 fully saturated rings. The molecule has 4 rings (SSSR count). The van der Waals surface area contributed by atoms with Gasteiger partial charge in [-0.2, -0.15) is 5.10 Å². The maximum atomic E-state index is 13.7. The first-order valence-electron chi connectivity index (χ1n) is 11.1. The van der Waals surface area contributed by atoms with Gasteiger partial charge in [-0.05, 0) is 42.3 Å². The third-order valence-electron chi connectivity index (χ3n) is 5.69. The molecule has 1 amide bonds. The Morgan fingerprint density at radius 3 is 2.17 bits per heavy atom. The van der Waals surface area contributed by atoms with Gasteiger partial charge in [-0.3, -0.25) is 19.6 Å². The minimum absolute atomic E-state index is 0.0802. The van der Waals surface area contributed by atoms with E-state index in [0.717, 1.165) is 0 Å². The van der Waals surface area contributed by atoms with Crippen molar-refractivity contribution in [2.75, 3.05) is 0 Å². The van der Waals surface area contributed by atoms with Crippen molar-refractivity contribution in [1.29, 1.82) is 0 Å². The van der Waals surface area contributed by atoms with Crippen molar-refractivity contribution in [2.24, 2.45) is 0 Å². The minimum Gasteiger partial charge on any atom is -0.378 e. The van der Waals surface area contributed by atoms with Crippen molar-refractivity contribution in [3.63, 3.8) is 0 Å². The molecular formula is C26H24FN5O3. The summed E-state index contributed by atoms with van der Waals surface area (Å²) in [6.07, 6.45) is 8.14. The van der Waals surface area contributed by atoms with Crippen LogP contribution in [0.1, 0.15) is 35.6 Å². The monoisotopic (exact) mass is 473 g/mol. The molecular weight excluding hydrogens is 449 g/mol. The van der Waals surface area contributed by atoms with E-state index in [1.165, 1.54) is 53.6 Å². The number of aryl methyl sites for hydroxylation is 1. The highest BCUT2D eigenvalue weighted by molar-refractivity contribution is 5.76. The predicted molar refractivity (Wildman–Crippen MR) is 126 cm³/mol. The first kappa shape index (κ1) is 23.9. The second kappa shape index (κ2) is 10.8. The van der Waals surface area contributed by atoms with Gasteiger partial charge in [-0.1, -0.05) is 24.3 Å². The zero-order chi connectivity index (χ0) is 24.7. The van der Waals surface area contributed by atoms with Gasteiger partial charge in [-0.15, -0.1) is 0 Å². The van der Waals surface area contributed by atoms with Crippen molar-refractivity contribution >= 4 is 5.91 Å². The van der Waals surface area contributed by atoms with Crippen LogP contribution in [0.4, 0.5) is 4.39 Å². The summed E-state index contributed by atoms with van der Waals surface area (Å²) in [5.41, 5.74) is -0.644. The number of rotatable bonds is 9. The number of pyridine rings is 2. The van der Waals surface area contributed by atoms with Gasteiger partial charge in [-0.25, -0.2) is 9.07 Å². The molecule has 9 heteroatoms. The summed E-state index contributed by atoms with van der Waals surface area (Å²) in [6.45, 7) is 0.268. The van der Waals surface area contributed by atoms with Gasteiger partial charge in [0.25, 0.3) is 5.56 Å². The van der Waals surface area contributed by atoms with E-state index in [1.807, 2.05) is 0 Å². The highest BCUT2D eigenvalue weighted by Crippen LogP contribution is 2.40. The van der Waals surface area contributed by atoms with E-state index in [9.17, 15) is 19.1 Å². The van der Waals surface area contributed by atoms with Crippen LogP contribution in [0.15, 0.2) is 96.4 Å². The Hall–Kier alpha value is -4.24. The minimum atomic E-state index is -1.76. The lowest BCUT2D eigenvalue weighted by Gasteiger charge is -2.37. The van der Waals surface area contributed by atoms with Crippen LogP contribution in [0.3, 0.4) is 0 Å². The molecule has 3 heterocycles. The Morgan fingerprint density at radius 2 is 1.60 bits per heavy atom. The van der Waals surface area contributed by atoms with Crippen LogP contribution in [0.5, 0.6) is 0 Å². The van der Waals surface area contributed by atoms with Crippen molar-refractivity contribution in [2.45, 2.75) is 31.0 Å². The molecule has 4 aromatic rings. The number of hydrogen-bond acceptors (Lipinski definition) is 6. The molecule has 0 saturated heterocycles. The van der Waals surface area contributed by atoms with E-state index < -0.39 is 17.5 Å². The molecule has 0 saturated carbocycles. The Bertz CT molecular complexity index is 1270. The SMILES string of the molecule is O=C(CCCn1ncccc1=O)N[C@H](c1ccc(F)cc1)C(O)(c1cccnc1)c1cccnc1. The smallest absolute Gasteiger partial charge is 0.266 e. The number of halogens is 1. The summed E-state index contributed by atoms with van der Waals surface area (Å²) in [4.78, 5) is 33.2. The summed E-state index contributed by atoms with van der Waals surface area (Å²) < 4.78 is 15.0. The van der Waals surface area contributed by atoms with Gasteiger partial charge in [0.1, 0.15) is 11.4 Å². The fraction of sp³-hybridized carbons (Fsp3) is 0.192. The number of aromatic nitrogens is 4. The van der Waals surface area contributed by atoms with Crippen molar-refractivity contribution < 1.29 is 14.3 Å². The largest absolute Gasteiger partial charge is 0.378 e. The summed E-state index contributed by atoms with van der Waals surface area (Å²) >= 11 is 0. The fourth-order valence-corrected chi connectivity index (χ4v) is 3.94. The normalized spacial score (nSPS) is 12.2. The van der Waals surface area contributed by atoms with Crippen LogP contribution in [-0.2, 0) is 16.9 Å². The van der Waals surface area contributed by atoms with Gasteiger partial charge in [0.15, 0.2) is 0 Å². The number of hydrogen-bond donors (Lipinski definition) is 2. The van der Waals surface area contributed by atoms with Crippen LogP contribution >= 0.6 is 0 Å². The summed E-state index contributed by atoms with van der Waals surface area (Å²) in [6, 6.07) is 14.3. The second-order valence-corrected chi connectivity index (χ2v) is 7.99. The van der Waals surface area contributed by atoms with Crippen LogP contribution in [0.2, 0.25) is 0 Å². The van der Waals surface area contributed by atoms with Crippen LogP contribution in [-0.4, -0.2) is 30.8 Å². The van der Waals surface area contributed by atoms with E-state index in [4.69, 9.17) is 0 Å². The summed E-state index contributed by atoms with van der Waals surface area (Å²) in [7, 11) is 0. The van der Waals surface area contributed by atoms with Gasteiger partial charge in [0, 0.05) is 61.1 Å². The number of carbonyl (C=O) groups excluding carboxylic acids is 1. The molecule has 0 spiro atoms. The van der Waals surface area contributed by atoms with E-state index in [0.29, 0.717) is 23.1 Å². The molecule has 35 heavy (non-hydrogen) atoms. The van der Waals surface area contributed by atoms with E-state index in [2.05, 4.69) is 20.4 Å². The predicted octanol–water partition coefficient (Wildman–Crippen LogP) is 2.75. The number of aliphatic hydroxyl groups is 1. The van der Waals surface area contributed by atoms with Crippen LogP contribution in [0.25, 0.3) is 0 Å². The van der Waals surface area contributed by atoms with Gasteiger partial charge < -0.3 is 10.4 Å². The third kappa shape index (κ3) is 5.47. The molecule has 0 aliphatic heterocycles. The van der Waals surface area contributed by atoms with E-state index in [1.54, 1.807) is 42.7 Å². The first-order chi connectivity index (χ1) is 17.0. The zero-order valence-corrected chi connectivity index (χ0v) is 18.8. The lowest BCUT2D eigenvalue weighted by atomic mass is 9.78. The highest BCUT2D eigenvalue weighted by atomic mass is 19.1. The fourth-order valence-electron chi connectivity index (χ4n) is 3.94. The Morgan fingerprint density at radius 1 is 0.971 bits per heavy atom. The van der Waals surface area contributed by atoms with E-state index in [-0.39, 0.29) is 24.4 Å². The average Bonchev–Trinajstić information content (AvgIpc) is 2.89. The number of benzene rings is 1. The van der Waals surface area contributed by atoms with Gasteiger partial charge in [0.05, 0.1) is 6.04 Å². The standard InChI is InChI=1S/C26H24FN5O3/c27-22-11-9-19(10-12-22)25(31-23(33)7-4-16-32-24(34)8-3-15-30-32)26(35,20-5-1-13-28-17-20)21-6-2-14-29-18-21/h1-3,5-6,8-15,17-18,25,35H,4,7,16H2,(H,31,33)/t25-/m1/s1. The third-order valence-corrected chi connectivity index (χ3v) is 5.69. The quantitative estimate of drug-likeness (QED) is 0.387. The molecule has 8 nitrogen and oxygen atoms in total. The number of nitrogens with zero attached hydrogens (tertiary/aromatic N) is 4. The van der Waals surface area contributed by atoms with E-state index >= 15 is 0 Å². The molecule has 1 atom stereocenters. The molecule has 2 N–H and O–H groups in total. The number of nitrogens with one attached hydrogen (secondary N) is 1. The highest BCUT2D eigenvalue weighted by Gasteiger charge is 2.42. The summed E-state index contributed by atoms with van der Waals surface area (Å²) in [5, 5.41) is 19.1. The van der Waals surface area contributed by atoms with Crippen LogP contribution < -0.4 is 10.9 Å². The Labute approximate surface area is 201 Å². The topological polar surface area (TPSA) is 110 Å². The molecule has 0 aliphatic carbocycles. The molecule has 1 aromatic carbocycles. The average molecular weight is 474 g/mol. The first-order valence-corrected chi connectivity index (χ1v) is 11.1. The maximum Gasteiger partial charge on any atom is 0.266 e. The lowest BCUT2D eigenvalue weighted by molar-refractivity contribution is -0.124. The number of carbonyl (C=O) groups is 1. The van der Waals surface area contributed by atoms with Gasteiger partial charge in [0.2, 0.25) is 5.91 Å². The zero-order valence-electron chi connectivity index (χ0n) is 18.8. The molecule has 0 bridgehead atoms. The molecule has 3 aromatic heterocycles.